The second-order valence-electron chi connectivity index (χ2n) is 8.07. The minimum Gasteiger partial charge on any atom is -0.453 e. The number of amides is 1. The largest absolute Gasteiger partial charge is 0.453 e. The van der Waals surface area contributed by atoms with Crippen molar-refractivity contribution in [2.75, 3.05) is 11.5 Å². The Hall–Kier alpha value is -3.30. The van der Waals surface area contributed by atoms with Crippen LogP contribution >= 0.6 is 11.8 Å². The van der Waals surface area contributed by atoms with E-state index in [9.17, 15) is 13.2 Å². The second-order valence-corrected chi connectivity index (χ2v) is 11.4. The first kappa shape index (κ1) is 22.5. The maximum absolute atomic E-state index is 13.5. The van der Waals surface area contributed by atoms with Gasteiger partial charge in [-0.2, -0.15) is 0 Å². The van der Waals surface area contributed by atoms with Crippen molar-refractivity contribution >= 4 is 27.5 Å². The lowest BCUT2D eigenvalue weighted by Crippen LogP contribution is -2.40. The van der Waals surface area contributed by atoms with Gasteiger partial charge in [0.1, 0.15) is 5.76 Å². The van der Waals surface area contributed by atoms with E-state index in [0.29, 0.717) is 23.0 Å². The van der Waals surface area contributed by atoms with Crippen LogP contribution in [0.1, 0.15) is 22.7 Å². The molecular weight excluding hydrogens is 472 g/mol. The normalized spacial score (nSPS) is 17.0. The van der Waals surface area contributed by atoms with Crippen LogP contribution in [0.2, 0.25) is 0 Å². The summed E-state index contributed by atoms with van der Waals surface area (Å²) in [5, 5.41) is 4.67. The minimum atomic E-state index is -3.19. The molecule has 0 aliphatic carbocycles. The van der Waals surface area contributed by atoms with Crippen LogP contribution < -0.4 is 0 Å². The molecule has 1 aliphatic rings. The van der Waals surface area contributed by atoms with Gasteiger partial charge in [-0.1, -0.05) is 65.4 Å². The zero-order valence-electron chi connectivity index (χ0n) is 18.2. The number of aromatic nitrogens is 1. The average Bonchev–Trinajstić information content (AvgIpc) is 3.58. The molecule has 174 valence electrons. The molecule has 5 rings (SSSR count). The van der Waals surface area contributed by atoms with E-state index in [-0.39, 0.29) is 29.7 Å². The number of furan rings is 1. The number of sulfone groups is 1. The third-order valence-corrected chi connectivity index (χ3v) is 8.30. The Balaban J connectivity index is 1.38. The Kier molecular flexibility index (Phi) is 6.30. The summed E-state index contributed by atoms with van der Waals surface area (Å²) in [4.78, 5) is 16.0. The monoisotopic (exact) mass is 494 g/mol. The van der Waals surface area contributed by atoms with E-state index in [2.05, 4.69) is 5.16 Å². The van der Waals surface area contributed by atoms with Crippen LogP contribution in [0.4, 0.5) is 0 Å². The first-order chi connectivity index (χ1) is 16.5. The summed E-state index contributed by atoms with van der Waals surface area (Å²) < 4.78 is 35.7. The van der Waals surface area contributed by atoms with Crippen molar-refractivity contribution in [3.8, 4) is 11.3 Å². The summed E-state index contributed by atoms with van der Waals surface area (Å²) in [6, 6.07) is 24.0. The zero-order valence-corrected chi connectivity index (χ0v) is 19.8. The van der Waals surface area contributed by atoms with Gasteiger partial charge in [-0.25, -0.2) is 8.42 Å². The maximum atomic E-state index is 13.5. The predicted molar refractivity (Wildman–Crippen MR) is 128 cm³/mol. The van der Waals surface area contributed by atoms with Crippen molar-refractivity contribution in [2.24, 2.45) is 0 Å². The standard InChI is InChI=1S/C25H22N2O5S2/c28-25(22-15-23(32-26-22)18-7-3-1-4-8-18)27(19-13-14-34(29,30)17-19)16-20-11-12-24(31-20)33-21-9-5-2-6-10-21/h1-12,15,19H,13-14,16-17H2. The van der Waals surface area contributed by atoms with Crippen LogP contribution in [-0.4, -0.2) is 41.9 Å². The van der Waals surface area contributed by atoms with Crippen molar-refractivity contribution in [2.45, 2.75) is 29.0 Å². The SMILES string of the molecule is O=C(c1cc(-c2ccccc2)on1)N(Cc1ccc(Sc2ccccc2)o1)C1CCS(=O)(=O)C1. The lowest BCUT2D eigenvalue weighted by atomic mass is 10.1. The molecule has 0 bridgehead atoms. The number of nitrogens with zero attached hydrogens (tertiary/aromatic N) is 2. The molecule has 1 amide bonds. The van der Waals surface area contributed by atoms with Crippen LogP contribution in [0, 0.1) is 0 Å². The van der Waals surface area contributed by atoms with Crippen LogP contribution in [0.3, 0.4) is 0 Å². The van der Waals surface area contributed by atoms with E-state index in [4.69, 9.17) is 8.94 Å². The number of benzene rings is 2. The zero-order chi connectivity index (χ0) is 23.5. The van der Waals surface area contributed by atoms with Gasteiger partial charge in [-0.05, 0) is 30.7 Å². The molecule has 3 heterocycles. The van der Waals surface area contributed by atoms with Gasteiger partial charge in [0.25, 0.3) is 5.91 Å². The highest BCUT2D eigenvalue weighted by atomic mass is 32.2. The topological polar surface area (TPSA) is 93.6 Å². The summed E-state index contributed by atoms with van der Waals surface area (Å²) in [7, 11) is -3.19. The molecule has 34 heavy (non-hydrogen) atoms. The molecule has 1 unspecified atom stereocenters. The molecule has 2 aromatic carbocycles. The molecule has 0 spiro atoms. The third kappa shape index (κ3) is 5.10. The van der Waals surface area contributed by atoms with E-state index in [0.717, 1.165) is 10.5 Å². The average molecular weight is 495 g/mol. The Morgan fingerprint density at radius 1 is 1.03 bits per heavy atom. The maximum Gasteiger partial charge on any atom is 0.276 e. The van der Waals surface area contributed by atoms with Crippen molar-refractivity contribution in [3.63, 3.8) is 0 Å². The molecule has 1 atom stereocenters. The molecular formula is C25H22N2O5S2. The smallest absolute Gasteiger partial charge is 0.276 e. The summed E-state index contributed by atoms with van der Waals surface area (Å²) >= 11 is 1.48. The Morgan fingerprint density at radius 3 is 2.47 bits per heavy atom. The lowest BCUT2D eigenvalue weighted by molar-refractivity contribution is 0.0653. The van der Waals surface area contributed by atoms with E-state index in [1.807, 2.05) is 72.8 Å². The van der Waals surface area contributed by atoms with E-state index >= 15 is 0 Å². The third-order valence-electron chi connectivity index (χ3n) is 5.62. The number of carbonyl (C=O) groups is 1. The molecule has 1 aliphatic heterocycles. The van der Waals surface area contributed by atoms with Crippen molar-refractivity contribution in [1.82, 2.24) is 10.1 Å². The first-order valence-corrected chi connectivity index (χ1v) is 13.5. The number of rotatable bonds is 7. The predicted octanol–water partition coefficient (Wildman–Crippen LogP) is 4.92. The van der Waals surface area contributed by atoms with Gasteiger partial charge < -0.3 is 13.8 Å². The fourth-order valence-corrected chi connectivity index (χ4v) is 6.46. The summed E-state index contributed by atoms with van der Waals surface area (Å²) in [6.07, 6.45) is 0.379. The molecule has 4 aromatic rings. The van der Waals surface area contributed by atoms with Crippen molar-refractivity contribution in [1.29, 1.82) is 0 Å². The van der Waals surface area contributed by atoms with Gasteiger partial charge in [-0.3, -0.25) is 4.79 Å². The fraction of sp³-hybridized carbons (Fsp3) is 0.200. The molecule has 0 saturated carbocycles. The summed E-state index contributed by atoms with van der Waals surface area (Å²) in [6.45, 7) is 0.141. The van der Waals surface area contributed by atoms with E-state index in [1.165, 1.54) is 16.7 Å². The Bertz CT molecular complexity index is 1380. The summed E-state index contributed by atoms with van der Waals surface area (Å²) in [5.41, 5.74) is 0.936. The highest BCUT2D eigenvalue weighted by Gasteiger charge is 2.36. The highest BCUT2D eigenvalue weighted by molar-refractivity contribution is 7.99. The van der Waals surface area contributed by atoms with Crippen LogP contribution in [0.15, 0.2) is 97.8 Å². The molecule has 1 fully saturated rings. The van der Waals surface area contributed by atoms with Gasteiger partial charge in [-0.15, -0.1) is 0 Å². The van der Waals surface area contributed by atoms with Crippen LogP contribution in [0.5, 0.6) is 0 Å². The number of carbonyl (C=O) groups excluding carboxylic acids is 1. The number of hydrogen-bond acceptors (Lipinski definition) is 7. The van der Waals surface area contributed by atoms with Gasteiger partial charge in [0.05, 0.1) is 18.1 Å². The molecule has 7 nitrogen and oxygen atoms in total. The van der Waals surface area contributed by atoms with Crippen molar-refractivity contribution in [3.05, 3.63) is 90.3 Å². The van der Waals surface area contributed by atoms with Gasteiger partial charge in [0, 0.05) is 22.6 Å². The van der Waals surface area contributed by atoms with Gasteiger partial charge in [0.2, 0.25) is 0 Å². The number of hydrogen-bond donors (Lipinski definition) is 0. The molecule has 0 radical (unpaired) electrons. The van der Waals surface area contributed by atoms with Crippen LogP contribution in [0.25, 0.3) is 11.3 Å². The minimum absolute atomic E-state index is 0.0583. The Labute approximate surface area is 201 Å². The molecule has 2 aromatic heterocycles. The second kappa shape index (κ2) is 9.52. The quantitative estimate of drug-likeness (QED) is 0.360. The first-order valence-electron chi connectivity index (χ1n) is 10.8. The summed E-state index contributed by atoms with van der Waals surface area (Å²) in [5.74, 6) is 0.643. The van der Waals surface area contributed by atoms with Gasteiger partial charge in [0.15, 0.2) is 26.4 Å². The fourth-order valence-electron chi connectivity index (χ4n) is 3.92. The van der Waals surface area contributed by atoms with Gasteiger partial charge >= 0.3 is 0 Å². The molecule has 9 heteroatoms. The highest BCUT2D eigenvalue weighted by Crippen LogP contribution is 2.31. The Morgan fingerprint density at radius 2 is 1.76 bits per heavy atom. The lowest BCUT2D eigenvalue weighted by Gasteiger charge is -2.26. The molecule has 1 saturated heterocycles. The van der Waals surface area contributed by atoms with E-state index in [1.54, 1.807) is 6.07 Å². The van der Waals surface area contributed by atoms with Crippen molar-refractivity contribution < 1.29 is 22.2 Å². The van der Waals surface area contributed by atoms with E-state index < -0.39 is 15.9 Å². The molecule has 0 N–H and O–H groups in total. The van der Waals surface area contributed by atoms with Crippen LogP contribution in [-0.2, 0) is 16.4 Å².